The lowest BCUT2D eigenvalue weighted by molar-refractivity contribution is 0.676. The van der Waals surface area contributed by atoms with Crippen molar-refractivity contribution in [2.75, 3.05) is 0 Å². The van der Waals surface area contributed by atoms with Gasteiger partial charge in [-0.2, -0.15) is 5.10 Å². The Morgan fingerprint density at radius 1 is 1.27 bits per heavy atom. The van der Waals surface area contributed by atoms with Gasteiger partial charge in [0.2, 0.25) is 0 Å². The van der Waals surface area contributed by atoms with Crippen molar-refractivity contribution < 1.29 is 0 Å². The zero-order chi connectivity index (χ0) is 10.3. The summed E-state index contributed by atoms with van der Waals surface area (Å²) in [4.78, 5) is 4.41. The first kappa shape index (κ1) is 8.28. The lowest BCUT2D eigenvalue weighted by Gasteiger charge is -2.05. The average Bonchev–Trinajstić information content (AvgIpc) is 2.72. The standard InChI is InChI=1S/C10H11N5/c1-2-15-10-9(6-14-15)8-5-13-12-4-7(8)3-11-10/h3-6,12-13H,2H2,1H3. The number of aromatic nitrogens is 3. The zero-order valence-electron chi connectivity index (χ0n) is 8.36. The molecule has 0 atom stereocenters. The first-order chi connectivity index (χ1) is 7.40. The number of pyridine rings is 1. The summed E-state index contributed by atoms with van der Waals surface area (Å²) in [7, 11) is 0. The van der Waals surface area contributed by atoms with Gasteiger partial charge < -0.3 is 10.9 Å². The fourth-order valence-electron chi connectivity index (χ4n) is 1.80. The maximum Gasteiger partial charge on any atom is 0.158 e. The highest BCUT2D eigenvalue weighted by atomic mass is 15.3. The molecule has 76 valence electrons. The van der Waals surface area contributed by atoms with Crippen LogP contribution in [0.3, 0.4) is 0 Å². The van der Waals surface area contributed by atoms with Gasteiger partial charge in [0.05, 0.1) is 6.20 Å². The number of nitrogens with zero attached hydrogens (tertiary/aromatic N) is 3. The molecule has 0 saturated carbocycles. The Morgan fingerprint density at radius 2 is 2.13 bits per heavy atom. The molecule has 0 amide bonds. The molecule has 2 N–H and O–H groups in total. The summed E-state index contributed by atoms with van der Waals surface area (Å²) >= 11 is 0. The summed E-state index contributed by atoms with van der Waals surface area (Å²) in [6.45, 7) is 2.90. The van der Waals surface area contributed by atoms with E-state index in [-0.39, 0.29) is 0 Å². The number of nitrogens with one attached hydrogen (secondary N) is 2. The van der Waals surface area contributed by atoms with Crippen LogP contribution in [0, 0.1) is 0 Å². The summed E-state index contributed by atoms with van der Waals surface area (Å²) in [6.07, 6.45) is 7.55. The molecule has 0 spiro atoms. The second kappa shape index (κ2) is 2.98. The molecule has 0 bridgehead atoms. The summed E-state index contributed by atoms with van der Waals surface area (Å²) in [5.41, 5.74) is 6.83. The van der Waals surface area contributed by atoms with Crippen LogP contribution in [-0.2, 0) is 6.54 Å². The summed E-state index contributed by atoms with van der Waals surface area (Å²) in [5, 5.41) is 7.59. The van der Waals surface area contributed by atoms with Crippen LogP contribution in [0.1, 0.15) is 6.92 Å². The molecule has 1 aliphatic rings. The monoisotopic (exact) mass is 201 g/mol. The molecule has 0 aliphatic carbocycles. The van der Waals surface area contributed by atoms with Gasteiger partial charge in [0.15, 0.2) is 5.65 Å². The topological polar surface area (TPSA) is 54.8 Å². The molecule has 1 aliphatic heterocycles. The summed E-state index contributed by atoms with van der Waals surface area (Å²) in [5.74, 6) is 0. The Labute approximate surface area is 86.1 Å². The van der Waals surface area contributed by atoms with Crippen LogP contribution in [0.2, 0.25) is 0 Å². The molecule has 3 heterocycles. The predicted molar refractivity (Wildman–Crippen MR) is 57.7 cm³/mol. The van der Waals surface area contributed by atoms with Gasteiger partial charge in [-0.15, -0.1) is 0 Å². The van der Waals surface area contributed by atoms with Crippen molar-refractivity contribution in [3.05, 3.63) is 22.8 Å². The molecule has 15 heavy (non-hydrogen) atoms. The van der Waals surface area contributed by atoms with Crippen molar-refractivity contribution in [1.82, 2.24) is 25.6 Å². The second-order valence-electron chi connectivity index (χ2n) is 3.40. The van der Waals surface area contributed by atoms with E-state index in [1.54, 1.807) is 0 Å². The molecule has 0 aromatic carbocycles. The van der Waals surface area contributed by atoms with Crippen molar-refractivity contribution in [3.8, 4) is 0 Å². The zero-order valence-corrected chi connectivity index (χ0v) is 8.36. The van der Waals surface area contributed by atoms with Gasteiger partial charge in [-0.1, -0.05) is 0 Å². The number of aryl methyl sites for hydroxylation is 1. The Morgan fingerprint density at radius 3 is 3.00 bits per heavy atom. The number of rotatable bonds is 1. The van der Waals surface area contributed by atoms with Gasteiger partial charge in [0.25, 0.3) is 0 Å². The van der Waals surface area contributed by atoms with E-state index in [2.05, 4.69) is 27.9 Å². The van der Waals surface area contributed by atoms with Gasteiger partial charge in [-0.25, -0.2) is 9.67 Å². The normalized spacial score (nSPS) is 13.4. The highest BCUT2D eigenvalue weighted by Gasteiger charge is 2.05. The number of hydrazine groups is 1. The summed E-state index contributed by atoms with van der Waals surface area (Å²) < 4.78 is 1.89. The largest absolute Gasteiger partial charge is 0.308 e. The van der Waals surface area contributed by atoms with Crippen LogP contribution in [0.25, 0.3) is 23.4 Å². The fraction of sp³-hybridized carbons (Fsp3) is 0.200. The van der Waals surface area contributed by atoms with Gasteiger partial charge in [-0.3, -0.25) is 0 Å². The number of hydrogen-bond acceptors (Lipinski definition) is 4. The third kappa shape index (κ3) is 1.09. The molecule has 0 unspecified atom stereocenters. The third-order valence-electron chi connectivity index (χ3n) is 2.57. The van der Waals surface area contributed by atoms with E-state index in [4.69, 9.17) is 0 Å². The van der Waals surface area contributed by atoms with Crippen LogP contribution >= 0.6 is 0 Å². The lowest BCUT2D eigenvalue weighted by atomic mass is 10.2. The van der Waals surface area contributed by atoms with Crippen molar-refractivity contribution in [2.45, 2.75) is 13.5 Å². The minimum absolute atomic E-state index is 0.838. The fourth-order valence-corrected chi connectivity index (χ4v) is 1.80. The Bertz CT molecular complexity index is 625. The van der Waals surface area contributed by atoms with Gasteiger partial charge >= 0.3 is 0 Å². The third-order valence-corrected chi connectivity index (χ3v) is 2.57. The SMILES string of the molecule is CCn1ncc2c3c(cnc21)=CNNC=3. The van der Waals surface area contributed by atoms with E-state index >= 15 is 0 Å². The highest BCUT2D eigenvalue weighted by Crippen LogP contribution is 2.03. The Kier molecular flexibility index (Phi) is 1.65. The lowest BCUT2D eigenvalue weighted by Crippen LogP contribution is -2.39. The van der Waals surface area contributed by atoms with E-state index in [1.807, 2.05) is 29.5 Å². The van der Waals surface area contributed by atoms with E-state index in [0.29, 0.717) is 0 Å². The number of hydrogen-bond donors (Lipinski definition) is 2. The molecule has 2 aromatic heterocycles. The Hall–Kier alpha value is -2.04. The van der Waals surface area contributed by atoms with Crippen molar-refractivity contribution in [3.63, 3.8) is 0 Å². The van der Waals surface area contributed by atoms with Crippen molar-refractivity contribution in [2.24, 2.45) is 0 Å². The van der Waals surface area contributed by atoms with Crippen molar-refractivity contribution >= 4 is 23.4 Å². The second-order valence-corrected chi connectivity index (χ2v) is 3.40. The molecule has 3 rings (SSSR count). The minimum Gasteiger partial charge on any atom is -0.308 e. The quantitative estimate of drug-likeness (QED) is 0.623. The van der Waals surface area contributed by atoms with Crippen LogP contribution in [0.5, 0.6) is 0 Å². The van der Waals surface area contributed by atoms with Crippen molar-refractivity contribution in [1.29, 1.82) is 0 Å². The predicted octanol–water partition coefficient (Wildman–Crippen LogP) is -0.965. The van der Waals surface area contributed by atoms with Crippen LogP contribution in [0.4, 0.5) is 0 Å². The van der Waals surface area contributed by atoms with Gasteiger partial charge in [-0.05, 0) is 6.92 Å². The van der Waals surface area contributed by atoms with Crippen LogP contribution in [-0.4, -0.2) is 14.8 Å². The molecule has 0 fully saturated rings. The van der Waals surface area contributed by atoms with Crippen LogP contribution < -0.4 is 21.3 Å². The van der Waals surface area contributed by atoms with E-state index in [9.17, 15) is 0 Å². The molecule has 5 nitrogen and oxygen atoms in total. The summed E-state index contributed by atoms with van der Waals surface area (Å²) in [6, 6.07) is 0. The first-order valence-corrected chi connectivity index (χ1v) is 4.92. The highest BCUT2D eigenvalue weighted by molar-refractivity contribution is 5.76. The van der Waals surface area contributed by atoms with Gasteiger partial charge in [0.1, 0.15) is 0 Å². The molecule has 0 saturated heterocycles. The molecule has 5 heteroatoms. The van der Waals surface area contributed by atoms with Crippen LogP contribution in [0.15, 0.2) is 12.4 Å². The first-order valence-electron chi connectivity index (χ1n) is 4.92. The van der Waals surface area contributed by atoms with E-state index in [1.165, 1.54) is 0 Å². The van der Waals surface area contributed by atoms with E-state index in [0.717, 1.165) is 28.0 Å². The minimum atomic E-state index is 0.838. The molecular weight excluding hydrogens is 190 g/mol. The maximum atomic E-state index is 4.41. The Balaban J connectivity index is 2.49. The average molecular weight is 201 g/mol. The maximum absolute atomic E-state index is 4.41. The molecular formula is C10H11N5. The van der Waals surface area contributed by atoms with E-state index < -0.39 is 0 Å². The smallest absolute Gasteiger partial charge is 0.158 e. The van der Waals surface area contributed by atoms with Gasteiger partial charge in [0, 0.05) is 41.0 Å². The molecule has 2 aromatic rings. The molecule has 0 radical (unpaired) electrons. The number of fused-ring (bicyclic) bond motifs is 3.